The number of aromatic nitrogens is 2. The molecular weight excluding hydrogens is 446 g/mol. The van der Waals surface area contributed by atoms with Crippen LogP contribution in [0.3, 0.4) is 0 Å². The monoisotopic (exact) mass is 467 g/mol. The molecular formula is C23H22ClN5O4. The highest BCUT2D eigenvalue weighted by Crippen LogP contribution is 2.30. The molecule has 0 unspecified atom stereocenters. The van der Waals surface area contributed by atoms with Crippen LogP contribution in [-0.4, -0.2) is 51.4 Å². The van der Waals surface area contributed by atoms with Crippen molar-refractivity contribution in [3.8, 4) is 11.6 Å². The summed E-state index contributed by atoms with van der Waals surface area (Å²) in [5.41, 5.74) is 1.40. The minimum Gasteiger partial charge on any atom is -0.437 e. The van der Waals surface area contributed by atoms with Crippen LogP contribution in [0, 0.1) is 17.0 Å². The van der Waals surface area contributed by atoms with Gasteiger partial charge in [0.25, 0.3) is 11.6 Å². The van der Waals surface area contributed by atoms with Crippen LogP contribution in [0.15, 0.2) is 54.9 Å². The number of benzene rings is 2. The van der Waals surface area contributed by atoms with E-state index in [4.69, 9.17) is 16.3 Å². The Morgan fingerprint density at radius 1 is 1.15 bits per heavy atom. The summed E-state index contributed by atoms with van der Waals surface area (Å²) >= 11 is 6.22. The van der Waals surface area contributed by atoms with Crippen LogP contribution in [0.4, 0.5) is 11.5 Å². The summed E-state index contributed by atoms with van der Waals surface area (Å²) in [4.78, 5) is 35.7. The van der Waals surface area contributed by atoms with E-state index in [1.807, 2.05) is 26.0 Å². The molecule has 1 aliphatic rings. The molecule has 0 radical (unpaired) electrons. The van der Waals surface area contributed by atoms with Gasteiger partial charge in [0.05, 0.1) is 9.95 Å². The Hall–Kier alpha value is -3.72. The lowest BCUT2D eigenvalue weighted by Crippen LogP contribution is -2.54. The summed E-state index contributed by atoms with van der Waals surface area (Å²) < 4.78 is 5.87. The Labute approximate surface area is 195 Å². The molecule has 0 aliphatic carbocycles. The molecule has 0 saturated carbocycles. The molecule has 170 valence electrons. The molecule has 3 aromatic rings. The van der Waals surface area contributed by atoms with Crippen LogP contribution < -0.4 is 9.64 Å². The quantitative estimate of drug-likeness (QED) is 0.402. The Morgan fingerprint density at radius 3 is 2.61 bits per heavy atom. The molecule has 2 heterocycles. The van der Waals surface area contributed by atoms with Crippen molar-refractivity contribution in [3.05, 3.63) is 81.1 Å². The number of nitro benzene ring substituents is 1. The number of carbonyl (C=O) groups is 1. The minimum atomic E-state index is -0.484. The van der Waals surface area contributed by atoms with Gasteiger partial charge < -0.3 is 14.5 Å². The van der Waals surface area contributed by atoms with Gasteiger partial charge in [0, 0.05) is 49.4 Å². The van der Waals surface area contributed by atoms with Gasteiger partial charge in [0.15, 0.2) is 0 Å². The van der Waals surface area contributed by atoms with Crippen molar-refractivity contribution in [2.24, 2.45) is 0 Å². The molecule has 0 bridgehead atoms. The molecule has 9 nitrogen and oxygen atoms in total. The molecule has 0 N–H and O–H groups in total. The SMILES string of the molecule is Cc1ccc(Cl)c(Oc2cc(N3CCN(C(=O)c4ccc([N+](=O)[O-])cc4)[C@@H](C)C3)ncn2)c1. The van der Waals surface area contributed by atoms with E-state index in [2.05, 4.69) is 14.9 Å². The summed E-state index contributed by atoms with van der Waals surface area (Å²) in [5, 5.41) is 11.3. The molecule has 33 heavy (non-hydrogen) atoms. The number of ether oxygens (including phenoxy) is 1. The van der Waals surface area contributed by atoms with Crippen LogP contribution >= 0.6 is 11.6 Å². The summed E-state index contributed by atoms with van der Waals surface area (Å²) in [5.74, 6) is 1.44. The molecule has 1 aliphatic heterocycles. The van der Waals surface area contributed by atoms with Crippen LogP contribution in [0.2, 0.25) is 5.02 Å². The predicted molar refractivity (Wildman–Crippen MR) is 124 cm³/mol. The number of anilines is 1. The van der Waals surface area contributed by atoms with Crippen molar-refractivity contribution in [2.45, 2.75) is 19.9 Å². The van der Waals surface area contributed by atoms with Crippen LogP contribution in [0.5, 0.6) is 11.6 Å². The number of aryl methyl sites for hydroxylation is 1. The van der Waals surface area contributed by atoms with E-state index >= 15 is 0 Å². The summed E-state index contributed by atoms with van der Waals surface area (Å²) in [7, 11) is 0. The van der Waals surface area contributed by atoms with Gasteiger partial charge in [0.2, 0.25) is 5.88 Å². The van der Waals surface area contributed by atoms with E-state index in [0.717, 1.165) is 5.56 Å². The maximum atomic E-state index is 12.9. The van der Waals surface area contributed by atoms with Crippen LogP contribution in [0.25, 0.3) is 0 Å². The molecule has 1 fully saturated rings. The first-order chi connectivity index (χ1) is 15.8. The molecule has 2 aromatic carbocycles. The third-order valence-electron chi connectivity index (χ3n) is 5.47. The highest BCUT2D eigenvalue weighted by molar-refractivity contribution is 6.32. The Balaban J connectivity index is 1.44. The number of amides is 1. The van der Waals surface area contributed by atoms with Gasteiger partial charge in [-0.1, -0.05) is 17.7 Å². The fraction of sp³-hybridized carbons (Fsp3) is 0.261. The van der Waals surface area contributed by atoms with E-state index in [-0.39, 0.29) is 17.6 Å². The normalized spacial score (nSPS) is 15.9. The maximum absolute atomic E-state index is 12.9. The zero-order valence-electron chi connectivity index (χ0n) is 18.1. The van der Waals surface area contributed by atoms with E-state index < -0.39 is 4.92 Å². The second-order valence-electron chi connectivity index (χ2n) is 7.85. The number of hydrogen-bond donors (Lipinski definition) is 0. The average molecular weight is 468 g/mol. The molecule has 1 saturated heterocycles. The zero-order chi connectivity index (χ0) is 23.5. The lowest BCUT2D eigenvalue weighted by atomic mass is 10.1. The van der Waals surface area contributed by atoms with Gasteiger partial charge in [-0.25, -0.2) is 9.97 Å². The van der Waals surface area contributed by atoms with Gasteiger partial charge in [-0.05, 0) is 43.7 Å². The van der Waals surface area contributed by atoms with E-state index in [0.29, 0.717) is 47.7 Å². The second-order valence-corrected chi connectivity index (χ2v) is 8.26. The fourth-order valence-electron chi connectivity index (χ4n) is 3.72. The van der Waals surface area contributed by atoms with Crippen LogP contribution in [-0.2, 0) is 0 Å². The highest BCUT2D eigenvalue weighted by atomic mass is 35.5. The summed E-state index contributed by atoms with van der Waals surface area (Å²) in [6, 6.07) is 12.8. The summed E-state index contributed by atoms with van der Waals surface area (Å²) in [6.07, 6.45) is 1.44. The molecule has 1 amide bonds. The molecule has 4 rings (SSSR count). The average Bonchev–Trinajstić information content (AvgIpc) is 2.81. The van der Waals surface area contributed by atoms with Crippen LogP contribution in [0.1, 0.15) is 22.8 Å². The first-order valence-corrected chi connectivity index (χ1v) is 10.8. The van der Waals surface area contributed by atoms with Gasteiger partial charge in [-0.2, -0.15) is 0 Å². The van der Waals surface area contributed by atoms with Gasteiger partial charge >= 0.3 is 0 Å². The van der Waals surface area contributed by atoms with Crippen molar-refractivity contribution < 1.29 is 14.5 Å². The van der Waals surface area contributed by atoms with Gasteiger partial charge in [-0.3, -0.25) is 14.9 Å². The second kappa shape index (κ2) is 9.41. The van der Waals surface area contributed by atoms with Crippen molar-refractivity contribution in [1.82, 2.24) is 14.9 Å². The fourth-order valence-corrected chi connectivity index (χ4v) is 3.88. The number of nitro groups is 1. The standard InChI is InChI=1S/C23H22ClN5O4/c1-15-3-8-19(24)20(11-15)33-22-12-21(25-14-26-22)27-9-10-28(16(2)13-27)23(30)17-4-6-18(7-5-17)29(31)32/h3-8,11-12,14,16H,9-10,13H2,1-2H3/t16-/m0/s1. The smallest absolute Gasteiger partial charge is 0.269 e. The van der Waals surface area contributed by atoms with Crippen molar-refractivity contribution in [2.75, 3.05) is 24.5 Å². The number of hydrogen-bond acceptors (Lipinski definition) is 7. The van der Waals surface area contributed by atoms with Crippen molar-refractivity contribution >= 4 is 29.0 Å². The third kappa shape index (κ3) is 5.04. The van der Waals surface area contributed by atoms with Gasteiger partial charge in [0.1, 0.15) is 17.9 Å². The van der Waals surface area contributed by atoms with Crippen molar-refractivity contribution in [1.29, 1.82) is 0 Å². The number of nitrogens with zero attached hydrogens (tertiary/aromatic N) is 5. The molecule has 1 atom stereocenters. The Bertz CT molecular complexity index is 1190. The van der Waals surface area contributed by atoms with E-state index in [1.165, 1.54) is 30.6 Å². The topological polar surface area (TPSA) is 102 Å². The number of rotatable bonds is 5. The lowest BCUT2D eigenvalue weighted by Gasteiger charge is -2.40. The Morgan fingerprint density at radius 2 is 1.91 bits per heavy atom. The molecule has 1 aromatic heterocycles. The number of halogens is 1. The minimum absolute atomic E-state index is 0.0434. The van der Waals surface area contributed by atoms with Gasteiger partial charge in [-0.15, -0.1) is 0 Å². The number of non-ortho nitro benzene ring substituents is 1. The zero-order valence-corrected chi connectivity index (χ0v) is 18.9. The first kappa shape index (κ1) is 22.5. The molecule has 10 heteroatoms. The third-order valence-corrected chi connectivity index (χ3v) is 5.78. The van der Waals surface area contributed by atoms with Crippen molar-refractivity contribution in [3.63, 3.8) is 0 Å². The lowest BCUT2D eigenvalue weighted by molar-refractivity contribution is -0.384. The number of carbonyl (C=O) groups excluding carboxylic acids is 1. The highest BCUT2D eigenvalue weighted by Gasteiger charge is 2.29. The summed E-state index contributed by atoms with van der Waals surface area (Å²) in [6.45, 7) is 5.54. The first-order valence-electron chi connectivity index (χ1n) is 10.4. The van der Waals surface area contributed by atoms with E-state index in [9.17, 15) is 14.9 Å². The molecule has 0 spiro atoms. The number of piperazine rings is 1. The Kier molecular flexibility index (Phi) is 6.41. The maximum Gasteiger partial charge on any atom is 0.269 e. The largest absolute Gasteiger partial charge is 0.437 e. The van der Waals surface area contributed by atoms with E-state index in [1.54, 1.807) is 17.0 Å². The predicted octanol–water partition coefficient (Wildman–Crippen LogP) is 4.49.